The maximum atomic E-state index is 5.68. The van der Waals surface area contributed by atoms with Crippen molar-refractivity contribution in [1.29, 1.82) is 0 Å². The topological polar surface area (TPSA) is 55.9 Å². The van der Waals surface area contributed by atoms with Crippen LogP contribution in [0.5, 0.6) is 0 Å². The van der Waals surface area contributed by atoms with Crippen molar-refractivity contribution in [3.05, 3.63) is 15.9 Å². The second-order valence-electron chi connectivity index (χ2n) is 4.83. The van der Waals surface area contributed by atoms with Crippen LogP contribution in [0, 0.1) is 12.8 Å². The van der Waals surface area contributed by atoms with Gasteiger partial charge in [-0.15, -0.1) is 0 Å². The van der Waals surface area contributed by atoms with Gasteiger partial charge in [0.25, 0.3) is 0 Å². The van der Waals surface area contributed by atoms with Crippen molar-refractivity contribution in [3.63, 3.8) is 0 Å². The molecule has 1 heterocycles. The van der Waals surface area contributed by atoms with E-state index in [2.05, 4.69) is 38.1 Å². The SMILES string of the molecule is CCn1nc(C)c(Br)c1CC(NN)C1CCC1. The molecule has 0 saturated heterocycles. The number of rotatable bonds is 5. The molecule has 5 heteroatoms. The molecule has 3 N–H and O–H groups in total. The molecule has 0 aromatic carbocycles. The second kappa shape index (κ2) is 5.50. The Labute approximate surface area is 111 Å². The van der Waals surface area contributed by atoms with Crippen LogP contribution in [-0.4, -0.2) is 15.8 Å². The van der Waals surface area contributed by atoms with Crippen LogP contribution >= 0.6 is 15.9 Å². The zero-order chi connectivity index (χ0) is 12.4. The summed E-state index contributed by atoms with van der Waals surface area (Å²) in [5, 5.41) is 4.52. The molecule has 1 saturated carbocycles. The fraction of sp³-hybridized carbons (Fsp3) is 0.750. The first kappa shape index (κ1) is 13.1. The molecule has 0 bridgehead atoms. The zero-order valence-corrected chi connectivity index (χ0v) is 12.1. The van der Waals surface area contributed by atoms with Crippen LogP contribution < -0.4 is 11.3 Å². The first-order valence-corrected chi connectivity index (χ1v) is 7.14. The van der Waals surface area contributed by atoms with Crippen LogP contribution in [0.25, 0.3) is 0 Å². The van der Waals surface area contributed by atoms with Gasteiger partial charge in [-0.2, -0.15) is 5.10 Å². The number of nitrogens with two attached hydrogens (primary N) is 1. The number of aryl methyl sites for hydroxylation is 2. The Balaban J connectivity index is 2.15. The Morgan fingerprint density at radius 2 is 2.29 bits per heavy atom. The summed E-state index contributed by atoms with van der Waals surface area (Å²) in [6.07, 6.45) is 4.89. The van der Waals surface area contributed by atoms with Crippen LogP contribution in [0.15, 0.2) is 4.47 Å². The molecule has 17 heavy (non-hydrogen) atoms. The minimum Gasteiger partial charge on any atom is -0.271 e. The van der Waals surface area contributed by atoms with Gasteiger partial charge in [-0.05, 0) is 48.5 Å². The van der Waals surface area contributed by atoms with Gasteiger partial charge >= 0.3 is 0 Å². The molecule has 0 radical (unpaired) electrons. The molecule has 0 spiro atoms. The van der Waals surface area contributed by atoms with Gasteiger partial charge in [0, 0.05) is 19.0 Å². The number of hydrogen-bond acceptors (Lipinski definition) is 3. The number of aromatic nitrogens is 2. The van der Waals surface area contributed by atoms with Crippen molar-refractivity contribution >= 4 is 15.9 Å². The number of hydrazine groups is 1. The number of halogens is 1. The maximum Gasteiger partial charge on any atom is 0.0738 e. The van der Waals surface area contributed by atoms with Gasteiger partial charge in [-0.25, -0.2) is 0 Å². The third-order valence-electron chi connectivity index (χ3n) is 3.80. The van der Waals surface area contributed by atoms with Gasteiger partial charge in [0.2, 0.25) is 0 Å². The van der Waals surface area contributed by atoms with E-state index in [-0.39, 0.29) is 0 Å². The third kappa shape index (κ3) is 2.56. The van der Waals surface area contributed by atoms with E-state index in [0.717, 1.165) is 29.1 Å². The lowest BCUT2D eigenvalue weighted by molar-refractivity contribution is 0.226. The summed E-state index contributed by atoms with van der Waals surface area (Å²) in [5.41, 5.74) is 5.30. The van der Waals surface area contributed by atoms with E-state index in [9.17, 15) is 0 Å². The molecular formula is C12H21BrN4. The van der Waals surface area contributed by atoms with Gasteiger partial charge in [-0.1, -0.05) is 6.42 Å². The molecule has 1 aliphatic carbocycles. The standard InChI is InChI=1S/C12H21BrN4/c1-3-17-11(12(13)8(2)16-17)7-10(15-14)9-5-4-6-9/h9-10,15H,3-7,14H2,1-2H3. The highest BCUT2D eigenvalue weighted by molar-refractivity contribution is 9.10. The molecule has 0 amide bonds. The zero-order valence-electron chi connectivity index (χ0n) is 10.5. The van der Waals surface area contributed by atoms with Crippen molar-refractivity contribution in [2.75, 3.05) is 0 Å². The Morgan fingerprint density at radius 3 is 2.76 bits per heavy atom. The average Bonchev–Trinajstić information content (AvgIpc) is 2.53. The summed E-state index contributed by atoms with van der Waals surface area (Å²) in [7, 11) is 0. The molecule has 2 rings (SSSR count). The van der Waals surface area contributed by atoms with Crippen LogP contribution in [0.3, 0.4) is 0 Å². The highest BCUT2D eigenvalue weighted by Crippen LogP contribution is 2.32. The van der Waals surface area contributed by atoms with Crippen molar-refractivity contribution in [3.8, 4) is 0 Å². The predicted molar refractivity (Wildman–Crippen MR) is 72.5 cm³/mol. The summed E-state index contributed by atoms with van der Waals surface area (Å²) < 4.78 is 3.21. The van der Waals surface area contributed by atoms with Gasteiger partial charge < -0.3 is 0 Å². The Hall–Kier alpha value is -0.390. The molecule has 1 aromatic heterocycles. The summed E-state index contributed by atoms with van der Waals surface area (Å²) in [5.74, 6) is 6.41. The quantitative estimate of drug-likeness (QED) is 0.647. The van der Waals surface area contributed by atoms with E-state index in [1.54, 1.807) is 0 Å². The highest BCUT2D eigenvalue weighted by atomic mass is 79.9. The molecule has 1 fully saturated rings. The van der Waals surface area contributed by atoms with Gasteiger partial charge in [-0.3, -0.25) is 16.0 Å². The fourth-order valence-electron chi connectivity index (χ4n) is 2.48. The van der Waals surface area contributed by atoms with E-state index in [1.807, 2.05) is 6.92 Å². The fourth-order valence-corrected chi connectivity index (χ4v) is 2.92. The molecule has 1 aromatic rings. The van der Waals surface area contributed by atoms with Crippen LogP contribution in [-0.2, 0) is 13.0 Å². The smallest absolute Gasteiger partial charge is 0.0738 e. The molecule has 1 aliphatic rings. The lowest BCUT2D eigenvalue weighted by Gasteiger charge is -2.33. The predicted octanol–water partition coefficient (Wildman–Crippen LogP) is 2.15. The minimum absolute atomic E-state index is 0.376. The Kier molecular flexibility index (Phi) is 4.22. The lowest BCUT2D eigenvalue weighted by Crippen LogP contribution is -2.45. The van der Waals surface area contributed by atoms with Crippen molar-refractivity contribution in [2.24, 2.45) is 11.8 Å². The summed E-state index contributed by atoms with van der Waals surface area (Å²) in [4.78, 5) is 0. The van der Waals surface area contributed by atoms with Crippen molar-refractivity contribution in [1.82, 2.24) is 15.2 Å². The molecule has 4 nitrogen and oxygen atoms in total. The largest absolute Gasteiger partial charge is 0.271 e. The van der Waals surface area contributed by atoms with Crippen LogP contribution in [0.1, 0.15) is 37.6 Å². The van der Waals surface area contributed by atoms with E-state index >= 15 is 0 Å². The highest BCUT2D eigenvalue weighted by Gasteiger charge is 2.28. The number of nitrogens with zero attached hydrogens (tertiary/aromatic N) is 2. The summed E-state index contributed by atoms with van der Waals surface area (Å²) in [6, 6.07) is 0.376. The average molecular weight is 301 g/mol. The summed E-state index contributed by atoms with van der Waals surface area (Å²) in [6.45, 7) is 5.06. The van der Waals surface area contributed by atoms with Gasteiger partial charge in [0.15, 0.2) is 0 Å². The lowest BCUT2D eigenvalue weighted by atomic mass is 9.78. The van der Waals surface area contributed by atoms with Crippen LogP contribution in [0.2, 0.25) is 0 Å². The van der Waals surface area contributed by atoms with Crippen LogP contribution in [0.4, 0.5) is 0 Å². The monoisotopic (exact) mass is 300 g/mol. The third-order valence-corrected chi connectivity index (χ3v) is 4.83. The molecule has 1 unspecified atom stereocenters. The molecule has 96 valence electrons. The second-order valence-corrected chi connectivity index (χ2v) is 5.62. The maximum absolute atomic E-state index is 5.68. The number of hydrogen-bond donors (Lipinski definition) is 2. The van der Waals surface area contributed by atoms with E-state index < -0.39 is 0 Å². The molecule has 1 atom stereocenters. The van der Waals surface area contributed by atoms with E-state index in [1.165, 1.54) is 25.0 Å². The number of nitrogens with one attached hydrogen (secondary N) is 1. The first-order valence-electron chi connectivity index (χ1n) is 6.35. The molecular weight excluding hydrogens is 280 g/mol. The Bertz CT molecular complexity index is 384. The van der Waals surface area contributed by atoms with Crippen molar-refractivity contribution < 1.29 is 0 Å². The Morgan fingerprint density at radius 1 is 1.59 bits per heavy atom. The van der Waals surface area contributed by atoms with Gasteiger partial charge in [0.05, 0.1) is 15.9 Å². The normalized spacial score (nSPS) is 18.1. The van der Waals surface area contributed by atoms with Crippen molar-refractivity contribution in [2.45, 2.75) is 52.1 Å². The van der Waals surface area contributed by atoms with E-state index in [0.29, 0.717) is 6.04 Å². The van der Waals surface area contributed by atoms with Gasteiger partial charge in [0.1, 0.15) is 0 Å². The first-order chi connectivity index (χ1) is 8.17. The molecule has 0 aliphatic heterocycles. The minimum atomic E-state index is 0.376. The summed E-state index contributed by atoms with van der Waals surface area (Å²) >= 11 is 3.64. The van der Waals surface area contributed by atoms with E-state index in [4.69, 9.17) is 5.84 Å².